The zero-order valence-corrected chi connectivity index (χ0v) is 11.1. The molecule has 0 radical (unpaired) electrons. The summed E-state index contributed by atoms with van der Waals surface area (Å²) in [6, 6.07) is 0. The van der Waals surface area contributed by atoms with E-state index in [2.05, 4.69) is 13.8 Å². The van der Waals surface area contributed by atoms with E-state index in [0.29, 0.717) is 0 Å². The number of aliphatic hydroxyl groups is 1. The number of hydrogen-bond donors (Lipinski definition) is 1. The van der Waals surface area contributed by atoms with Gasteiger partial charge in [0.2, 0.25) is 0 Å². The lowest BCUT2D eigenvalue weighted by Crippen LogP contribution is -2.16. The summed E-state index contributed by atoms with van der Waals surface area (Å²) in [5.74, 6) is 1.69. The fourth-order valence-electron chi connectivity index (χ4n) is 2.38. The normalized spacial score (nSPS) is 20.0. The molecular formula is C13H26OS. The maximum Gasteiger partial charge on any atom is 0.0633 e. The van der Waals surface area contributed by atoms with Gasteiger partial charge in [0.15, 0.2) is 0 Å². The molecule has 0 spiro atoms. The summed E-state index contributed by atoms with van der Waals surface area (Å²) in [6.45, 7) is 4.45. The number of aliphatic hydroxyl groups excluding tert-OH is 1. The molecule has 1 nitrogen and oxygen atoms in total. The number of rotatable bonds is 7. The molecule has 0 aromatic heterocycles. The van der Waals surface area contributed by atoms with Crippen molar-refractivity contribution in [3.63, 3.8) is 0 Å². The van der Waals surface area contributed by atoms with Crippen molar-refractivity contribution in [2.45, 2.75) is 70.1 Å². The molecule has 1 atom stereocenters. The van der Waals surface area contributed by atoms with Gasteiger partial charge in [-0.1, -0.05) is 39.5 Å². The Balaban J connectivity index is 2.08. The second-order valence-electron chi connectivity index (χ2n) is 4.81. The van der Waals surface area contributed by atoms with Gasteiger partial charge in [-0.3, -0.25) is 0 Å². The predicted molar refractivity (Wildman–Crippen MR) is 69.4 cm³/mol. The maximum absolute atomic E-state index is 9.92. The minimum Gasteiger partial charge on any atom is -0.392 e. The Morgan fingerprint density at radius 2 is 1.80 bits per heavy atom. The molecular weight excluding hydrogens is 204 g/mol. The van der Waals surface area contributed by atoms with Crippen LogP contribution in [0, 0.1) is 5.92 Å². The van der Waals surface area contributed by atoms with Crippen LogP contribution in [0.3, 0.4) is 0 Å². The van der Waals surface area contributed by atoms with Gasteiger partial charge < -0.3 is 5.11 Å². The molecule has 0 bridgehead atoms. The third-order valence-corrected chi connectivity index (χ3v) is 5.11. The van der Waals surface area contributed by atoms with E-state index in [1.54, 1.807) is 0 Å². The molecule has 2 heteroatoms. The van der Waals surface area contributed by atoms with E-state index in [1.807, 2.05) is 11.8 Å². The van der Waals surface area contributed by atoms with Crippen molar-refractivity contribution in [1.29, 1.82) is 0 Å². The van der Waals surface area contributed by atoms with Crippen molar-refractivity contribution >= 4 is 11.8 Å². The Bertz CT molecular complexity index is 151. The monoisotopic (exact) mass is 230 g/mol. The molecule has 1 aliphatic rings. The first-order chi connectivity index (χ1) is 7.26. The van der Waals surface area contributed by atoms with Crippen molar-refractivity contribution in [1.82, 2.24) is 0 Å². The van der Waals surface area contributed by atoms with Crippen LogP contribution in [-0.4, -0.2) is 22.2 Å². The molecule has 1 rings (SSSR count). The molecule has 90 valence electrons. The van der Waals surface area contributed by atoms with Crippen molar-refractivity contribution in [2.24, 2.45) is 5.92 Å². The summed E-state index contributed by atoms with van der Waals surface area (Å²) in [5, 5.41) is 10.8. The Labute approximate surface area is 99.0 Å². The van der Waals surface area contributed by atoms with E-state index in [4.69, 9.17) is 0 Å². The van der Waals surface area contributed by atoms with Crippen LogP contribution < -0.4 is 0 Å². The lowest BCUT2D eigenvalue weighted by atomic mass is 9.97. The van der Waals surface area contributed by atoms with Crippen molar-refractivity contribution in [3.8, 4) is 0 Å². The Morgan fingerprint density at radius 1 is 1.20 bits per heavy atom. The summed E-state index contributed by atoms with van der Waals surface area (Å²) < 4.78 is 0. The molecule has 1 unspecified atom stereocenters. The van der Waals surface area contributed by atoms with Crippen LogP contribution in [0.5, 0.6) is 0 Å². The van der Waals surface area contributed by atoms with Crippen LogP contribution in [0.2, 0.25) is 0 Å². The van der Waals surface area contributed by atoms with Crippen LogP contribution in [0.25, 0.3) is 0 Å². The molecule has 0 heterocycles. The summed E-state index contributed by atoms with van der Waals surface area (Å²) >= 11 is 2.01. The van der Waals surface area contributed by atoms with Gasteiger partial charge in [-0.25, -0.2) is 0 Å². The van der Waals surface area contributed by atoms with Gasteiger partial charge in [-0.15, -0.1) is 0 Å². The van der Waals surface area contributed by atoms with E-state index in [-0.39, 0.29) is 6.10 Å². The van der Waals surface area contributed by atoms with Crippen LogP contribution in [0.1, 0.15) is 58.8 Å². The van der Waals surface area contributed by atoms with Crippen LogP contribution in [0.15, 0.2) is 0 Å². The topological polar surface area (TPSA) is 20.2 Å². The highest BCUT2D eigenvalue weighted by Gasteiger charge is 2.18. The van der Waals surface area contributed by atoms with E-state index >= 15 is 0 Å². The summed E-state index contributed by atoms with van der Waals surface area (Å²) in [5.41, 5.74) is 0. The fraction of sp³-hybridized carbons (Fsp3) is 1.00. The lowest BCUT2D eigenvalue weighted by molar-refractivity contribution is 0.161. The Kier molecular flexibility index (Phi) is 6.74. The van der Waals surface area contributed by atoms with Gasteiger partial charge >= 0.3 is 0 Å². The van der Waals surface area contributed by atoms with Crippen molar-refractivity contribution in [3.05, 3.63) is 0 Å². The van der Waals surface area contributed by atoms with Crippen molar-refractivity contribution in [2.75, 3.05) is 5.75 Å². The molecule has 0 aromatic rings. The summed E-state index contributed by atoms with van der Waals surface area (Å²) in [7, 11) is 0. The highest BCUT2D eigenvalue weighted by molar-refractivity contribution is 7.99. The third-order valence-electron chi connectivity index (χ3n) is 3.59. The minimum absolute atomic E-state index is 0.0690. The summed E-state index contributed by atoms with van der Waals surface area (Å²) in [4.78, 5) is 0. The Hall–Kier alpha value is 0.310. The van der Waals surface area contributed by atoms with Gasteiger partial charge in [-0.05, 0) is 25.2 Å². The zero-order valence-electron chi connectivity index (χ0n) is 10.2. The van der Waals surface area contributed by atoms with Crippen LogP contribution in [0.4, 0.5) is 0 Å². The SMILES string of the molecule is CCC(CC)CC(O)CSC1CCCC1. The van der Waals surface area contributed by atoms with Gasteiger partial charge in [0.05, 0.1) is 6.10 Å². The van der Waals surface area contributed by atoms with E-state index in [1.165, 1.54) is 38.5 Å². The van der Waals surface area contributed by atoms with Crippen LogP contribution >= 0.6 is 11.8 Å². The average Bonchev–Trinajstić information content (AvgIpc) is 2.75. The molecule has 1 saturated carbocycles. The highest BCUT2D eigenvalue weighted by Crippen LogP contribution is 2.30. The van der Waals surface area contributed by atoms with Crippen molar-refractivity contribution < 1.29 is 5.11 Å². The molecule has 1 N–H and O–H groups in total. The van der Waals surface area contributed by atoms with E-state index in [0.717, 1.165) is 23.3 Å². The van der Waals surface area contributed by atoms with Gasteiger partial charge in [0.25, 0.3) is 0 Å². The molecule has 1 aliphatic carbocycles. The number of thioether (sulfide) groups is 1. The zero-order chi connectivity index (χ0) is 11.1. The average molecular weight is 230 g/mol. The molecule has 0 saturated heterocycles. The first kappa shape index (κ1) is 13.4. The maximum atomic E-state index is 9.92. The largest absolute Gasteiger partial charge is 0.392 e. The van der Waals surface area contributed by atoms with Gasteiger partial charge in [0, 0.05) is 11.0 Å². The quantitative estimate of drug-likeness (QED) is 0.717. The molecule has 0 amide bonds. The first-order valence-electron chi connectivity index (χ1n) is 6.55. The second-order valence-corrected chi connectivity index (χ2v) is 6.15. The first-order valence-corrected chi connectivity index (χ1v) is 7.60. The smallest absolute Gasteiger partial charge is 0.0633 e. The molecule has 0 aromatic carbocycles. The number of hydrogen-bond acceptors (Lipinski definition) is 2. The third kappa shape index (κ3) is 5.26. The Morgan fingerprint density at radius 3 is 2.33 bits per heavy atom. The molecule has 15 heavy (non-hydrogen) atoms. The highest BCUT2D eigenvalue weighted by atomic mass is 32.2. The predicted octanol–water partition coefficient (Wildman–Crippen LogP) is 3.85. The lowest BCUT2D eigenvalue weighted by Gasteiger charge is -2.18. The van der Waals surface area contributed by atoms with E-state index < -0.39 is 0 Å². The summed E-state index contributed by atoms with van der Waals surface area (Å²) in [6.07, 6.45) is 8.92. The minimum atomic E-state index is -0.0690. The molecule has 1 fully saturated rings. The second kappa shape index (κ2) is 7.56. The van der Waals surface area contributed by atoms with Crippen LogP contribution in [-0.2, 0) is 0 Å². The molecule has 0 aliphatic heterocycles. The van der Waals surface area contributed by atoms with E-state index in [9.17, 15) is 5.11 Å². The van der Waals surface area contributed by atoms with Gasteiger partial charge in [0.1, 0.15) is 0 Å². The standard InChI is InChI=1S/C13H26OS/c1-3-11(4-2)9-12(14)10-15-13-7-5-6-8-13/h11-14H,3-10H2,1-2H3. The fourth-order valence-corrected chi connectivity index (χ4v) is 3.67. The van der Waals surface area contributed by atoms with Gasteiger partial charge in [-0.2, -0.15) is 11.8 Å².